The maximum absolute atomic E-state index is 5.78. The summed E-state index contributed by atoms with van der Waals surface area (Å²) in [5.41, 5.74) is 0. The van der Waals surface area contributed by atoms with Crippen molar-refractivity contribution in [2.24, 2.45) is 0 Å². The van der Waals surface area contributed by atoms with Crippen LogP contribution in [0, 0.1) is 0 Å². The molecular weight excluding hydrogens is 410 g/mol. The second kappa shape index (κ2) is 6.94. The van der Waals surface area contributed by atoms with Gasteiger partial charge >= 0.3 is 0 Å². The first-order valence-corrected chi connectivity index (χ1v) is 8.13. The first kappa shape index (κ1) is 15.1. The molecule has 0 spiro atoms. The first-order valence-electron chi connectivity index (χ1n) is 6.54. The predicted octanol–water partition coefficient (Wildman–Crippen LogP) is 6.19. The maximum atomic E-state index is 5.78. The van der Waals surface area contributed by atoms with E-state index in [1.54, 1.807) is 0 Å². The number of para-hydroxylation sites is 2. The lowest BCUT2D eigenvalue weighted by Crippen LogP contribution is -1.94. The van der Waals surface area contributed by atoms with Crippen molar-refractivity contribution in [1.29, 1.82) is 0 Å². The van der Waals surface area contributed by atoms with E-state index >= 15 is 0 Å². The second-order valence-electron chi connectivity index (χ2n) is 4.39. The summed E-state index contributed by atoms with van der Waals surface area (Å²) in [6.45, 7) is 0. The van der Waals surface area contributed by atoms with E-state index in [1.165, 1.54) is 0 Å². The van der Waals surface area contributed by atoms with Crippen LogP contribution in [0.15, 0.2) is 75.7 Å². The van der Waals surface area contributed by atoms with Crippen molar-refractivity contribution >= 4 is 31.9 Å². The van der Waals surface area contributed by atoms with E-state index in [1.807, 2.05) is 66.7 Å². The van der Waals surface area contributed by atoms with Gasteiger partial charge in [-0.1, -0.05) is 36.4 Å². The minimum absolute atomic E-state index is 0.445. The molecule has 0 aliphatic rings. The Balaban J connectivity index is 1.90. The average Bonchev–Trinajstić information content (AvgIpc) is 2.54. The lowest BCUT2D eigenvalue weighted by molar-refractivity contribution is 0.422. The zero-order valence-corrected chi connectivity index (χ0v) is 14.5. The number of halogens is 2. The molecule has 1 heterocycles. The molecule has 3 rings (SSSR count). The Morgan fingerprint density at radius 2 is 1.05 bits per heavy atom. The van der Waals surface area contributed by atoms with Crippen LogP contribution in [0.4, 0.5) is 0 Å². The molecule has 0 aliphatic heterocycles. The number of hydrogen-bond acceptors (Lipinski definition) is 3. The van der Waals surface area contributed by atoms with Crippen LogP contribution in [0.5, 0.6) is 23.3 Å². The van der Waals surface area contributed by atoms with Crippen LogP contribution in [0.25, 0.3) is 0 Å². The Morgan fingerprint density at radius 1 is 0.636 bits per heavy atom. The molecule has 0 atom stereocenters. The van der Waals surface area contributed by atoms with Crippen LogP contribution < -0.4 is 9.47 Å². The van der Waals surface area contributed by atoms with Gasteiger partial charge in [-0.2, -0.15) is 4.98 Å². The summed E-state index contributed by atoms with van der Waals surface area (Å²) in [7, 11) is 0. The van der Waals surface area contributed by atoms with E-state index in [0.717, 1.165) is 8.95 Å². The molecule has 2 aromatic carbocycles. The molecule has 5 heteroatoms. The maximum Gasteiger partial charge on any atom is 0.236 e. The van der Waals surface area contributed by atoms with E-state index in [-0.39, 0.29) is 0 Å². The van der Waals surface area contributed by atoms with Crippen molar-refractivity contribution in [1.82, 2.24) is 4.98 Å². The summed E-state index contributed by atoms with van der Waals surface area (Å²) in [6, 6.07) is 20.8. The predicted molar refractivity (Wildman–Crippen MR) is 92.7 cm³/mol. The van der Waals surface area contributed by atoms with Gasteiger partial charge in [0.15, 0.2) is 0 Å². The van der Waals surface area contributed by atoms with E-state index in [0.29, 0.717) is 23.3 Å². The molecule has 110 valence electrons. The molecular formula is C17H11Br2NO2. The standard InChI is InChI=1S/C17H11Br2NO2/c18-14-11-15(19)17(22-13-9-5-2-6-10-13)20-16(14)21-12-7-3-1-4-8-12/h1-11H. The molecule has 0 saturated carbocycles. The number of pyridine rings is 1. The molecule has 3 nitrogen and oxygen atoms in total. The highest BCUT2D eigenvalue weighted by molar-refractivity contribution is 9.11. The summed E-state index contributed by atoms with van der Waals surface area (Å²) in [4.78, 5) is 4.42. The highest BCUT2D eigenvalue weighted by atomic mass is 79.9. The number of aromatic nitrogens is 1. The van der Waals surface area contributed by atoms with Gasteiger partial charge in [0.25, 0.3) is 0 Å². The van der Waals surface area contributed by atoms with Crippen molar-refractivity contribution in [2.45, 2.75) is 0 Å². The number of nitrogens with zero attached hydrogens (tertiary/aromatic N) is 1. The first-order chi connectivity index (χ1) is 10.7. The largest absolute Gasteiger partial charge is 0.438 e. The van der Waals surface area contributed by atoms with Crippen molar-refractivity contribution in [3.8, 4) is 23.3 Å². The van der Waals surface area contributed by atoms with Gasteiger partial charge in [0.05, 0.1) is 8.95 Å². The van der Waals surface area contributed by atoms with Crippen molar-refractivity contribution in [2.75, 3.05) is 0 Å². The number of rotatable bonds is 4. The fourth-order valence-corrected chi connectivity index (χ4v) is 2.88. The number of ether oxygens (including phenoxy) is 2. The van der Waals surface area contributed by atoms with Crippen LogP contribution in [0.1, 0.15) is 0 Å². The highest BCUT2D eigenvalue weighted by Crippen LogP contribution is 2.36. The summed E-state index contributed by atoms with van der Waals surface area (Å²) in [5.74, 6) is 2.31. The third-order valence-corrected chi connectivity index (χ3v) is 3.92. The van der Waals surface area contributed by atoms with E-state index in [9.17, 15) is 0 Å². The molecule has 0 fully saturated rings. The van der Waals surface area contributed by atoms with Crippen molar-refractivity contribution < 1.29 is 9.47 Å². The normalized spacial score (nSPS) is 10.3. The van der Waals surface area contributed by atoms with E-state index < -0.39 is 0 Å². The molecule has 0 radical (unpaired) electrons. The van der Waals surface area contributed by atoms with Gasteiger partial charge in [-0.3, -0.25) is 0 Å². The van der Waals surface area contributed by atoms with Crippen molar-refractivity contribution in [3.63, 3.8) is 0 Å². The summed E-state index contributed by atoms with van der Waals surface area (Å²) in [6.07, 6.45) is 0. The quantitative estimate of drug-likeness (QED) is 0.504. The molecule has 0 saturated heterocycles. The van der Waals surface area contributed by atoms with Gasteiger partial charge in [-0.05, 0) is 62.2 Å². The fraction of sp³-hybridized carbons (Fsp3) is 0. The van der Waals surface area contributed by atoms with Gasteiger partial charge < -0.3 is 9.47 Å². The molecule has 3 aromatic rings. The monoisotopic (exact) mass is 419 g/mol. The zero-order valence-electron chi connectivity index (χ0n) is 11.4. The van der Waals surface area contributed by atoms with Crippen LogP contribution in [0.3, 0.4) is 0 Å². The van der Waals surface area contributed by atoms with Crippen LogP contribution >= 0.6 is 31.9 Å². The van der Waals surface area contributed by atoms with Crippen molar-refractivity contribution in [3.05, 3.63) is 75.7 Å². The average molecular weight is 421 g/mol. The minimum atomic E-state index is 0.445. The Hall–Kier alpha value is -1.85. The number of benzene rings is 2. The molecule has 0 N–H and O–H groups in total. The molecule has 0 amide bonds. The SMILES string of the molecule is Brc1cc(Br)c(Oc2ccccc2)nc1Oc1ccccc1. The Kier molecular flexibility index (Phi) is 4.75. The third-order valence-electron chi connectivity index (χ3n) is 2.78. The fourth-order valence-electron chi connectivity index (χ4n) is 1.78. The lowest BCUT2D eigenvalue weighted by atomic mass is 10.3. The lowest BCUT2D eigenvalue weighted by Gasteiger charge is -2.11. The molecule has 0 aliphatic carbocycles. The van der Waals surface area contributed by atoms with Crippen LogP contribution in [-0.2, 0) is 0 Å². The summed E-state index contributed by atoms with van der Waals surface area (Å²) in [5, 5.41) is 0. The van der Waals surface area contributed by atoms with Gasteiger partial charge in [-0.25, -0.2) is 0 Å². The Bertz CT molecular complexity index is 702. The van der Waals surface area contributed by atoms with Gasteiger partial charge in [0.1, 0.15) is 11.5 Å². The van der Waals surface area contributed by atoms with Crippen LogP contribution in [0.2, 0.25) is 0 Å². The second-order valence-corrected chi connectivity index (χ2v) is 6.10. The zero-order chi connectivity index (χ0) is 15.4. The van der Waals surface area contributed by atoms with Gasteiger partial charge in [-0.15, -0.1) is 0 Å². The van der Waals surface area contributed by atoms with Crippen LogP contribution in [-0.4, -0.2) is 4.98 Å². The van der Waals surface area contributed by atoms with Gasteiger partial charge in [0.2, 0.25) is 11.8 Å². The van der Waals surface area contributed by atoms with Gasteiger partial charge in [0, 0.05) is 0 Å². The third kappa shape index (κ3) is 3.67. The number of hydrogen-bond donors (Lipinski definition) is 0. The molecule has 22 heavy (non-hydrogen) atoms. The van der Waals surface area contributed by atoms with E-state index in [2.05, 4.69) is 36.8 Å². The Labute approximate surface area is 145 Å². The highest BCUT2D eigenvalue weighted by Gasteiger charge is 2.12. The summed E-state index contributed by atoms with van der Waals surface area (Å²) >= 11 is 6.90. The molecule has 0 bridgehead atoms. The van der Waals surface area contributed by atoms with E-state index in [4.69, 9.17) is 9.47 Å². The minimum Gasteiger partial charge on any atom is -0.438 e. The topological polar surface area (TPSA) is 31.4 Å². The smallest absolute Gasteiger partial charge is 0.236 e. The molecule has 1 aromatic heterocycles. The summed E-state index contributed by atoms with van der Waals surface area (Å²) < 4.78 is 13.0. The molecule has 0 unspecified atom stereocenters. The Morgan fingerprint density at radius 3 is 1.45 bits per heavy atom.